The van der Waals surface area contributed by atoms with Crippen LogP contribution in [0.2, 0.25) is 0 Å². The number of anilines is 2. The van der Waals surface area contributed by atoms with Crippen LogP contribution in [-0.2, 0) is 11.2 Å². The lowest BCUT2D eigenvalue weighted by Crippen LogP contribution is -2.49. The molecule has 1 saturated heterocycles. The summed E-state index contributed by atoms with van der Waals surface area (Å²) in [6.45, 7) is 4.34. The van der Waals surface area contributed by atoms with Crippen molar-refractivity contribution >= 4 is 28.3 Å². The number of nitrogens with zero attached hydrogens (tertiary/aromatic N) is 3. The zero-order chi connectivity index (χ0) is 20.8. The Morgan fingerprint density at radius 3 is 2.50 bits per heavy atom. The van der Waals surface area contributed by atoms with E-state index in [0.29, 0.717) is 13.0 Å². The number of nitrogens with two attached hydrogens (primary N) is 1. The molecule has 1 aliphatic heterocycles. The zero-order valence-electron chi connectivity index (χ0n) is 17.3. The molecule has 3 aromatic rings. The molecule has 0 saturated carbocycles. The summed E-state index contributed by atoms with van der Waals surface area (Å²) in [6.07, 6.45) is 1.35. The van der Waals surface area contributed by atoms with Gasteiger partial charge in [-0.2, -0.15) is 0 Å². The fourth-order valence-corrected chi connectivity index (χ4v) is 3.92. The van der Waals surface area contributed by atoms with E-state index < -0.39 is 0 Å². The molecule has 1 aliphatic rings. The van der Waals surface area contributed by atoms with E-state index in [9.17, 15) is 4.79 Å². The molecule has 0 bridgehead atoms. The van der Waals surface area contributed by atoms with Crippen molar-refractivity contribution in [2.45, 2.75) is 12.8 Å². The number of hydrogen-bond acceptors (Lipinski definition) is 5. The van der Waals surface area contributed by atoms with E-state index in [-0.39, 0.29) is 5.91 Å². The SMILES string of the molecule is NCCNc1cc(N2CCN(C(=O)CCc3ccccc3)CC2)nc2ccccc12. The maximum Gasteiger partial charge on any atom is 0.223 e. The van der Waals surface area contributed by atoms with Crippen LogP contribution in [0.15, 0.2) is 60.7 Å². The third kappa shape index (κ3) is 4.71. The summed E-state index contributed by atoms with van der Waals surface area (Å²) in [5, 5.41) is 4.52. The lowest BCUT2D eigenvalue weighted by molar-refractivity contribution is -0.131. The standard InChI is InChI=1S/C24H29N5O/c25-12-13-26-22-18-23(27-21-9-5-4-8-20(21)22)28-14-16-29(17-15-28)24(30)11-10-19-6-2-1-3-7-19/h1-9,18H,10-17,25H2,(H,26,27). The summed E-state index contributed by atoms with van der Waals surface area (Å²) in [6, 6.07) is 20.4. The van der Waals surface area contributed by atoms with Gasteiger partial charge in [0.2, 0.25) is 5.91 Å². The topological polar surface area (TPSA) is 74.5 Å². The Balaban J connectivity index is 1.40. The van der Waals surface area contributed by atoms with Crippen LogP contribution in [0.5, 0.6) is 0 Å². The predicted octanol–water partition coefficient (Wildman–Crippen LogP) is 2.89. The summed E-state index contributed by atoms with van der Waals surface area (Å²) in [4.78, 5) is 21.7. The van der Waals surface area contributed by atoms with Gasteiger partial charge in [-0.1, -0.05) is 48.5 Å². The van der Waals surface area contributed by atoms with Crippen molar-refractivity contribution in [3.05, 3.63) is 66.2 Å². The minimum atomic E-state index is 0.232. The average molecular weight is 404 g/mol. The van der Waals surface area contributed by atoms with Gasteiger partial charge in [-0.25, -0.2) is 4.98 Å². The smallest absolute Gasteiger partial charge is 0.223 e. The van der Waals surface area contributed by atoms with Gasteiger partial charge >= 0.3 is 0 Å². The third-order valence-corrected chi connectivity index (χ3v) is 5.59. The highest BCUT2D eigenvalue weighted by Crippen LogP contribution is 2.27. The first-order valence-corrected chi connectivity index (χ1v) is 10.6. The molecule has 2 heterocycles. The Kier molecular flexibility index (Phi) is 6.44. The quantitative estimate of drug-likeness (QED) is 0.635. The number of benzene rings is 2. The van der Waals surface area contributed by atoms with E-state index in [4.69, 9.17) is 10.7 Å². The number of hydrogen-bond donors (Lipinski definition) is 2. The number of aromatic nitrogens is 1. The molecule has 156 valence electrons. The van der Waals surface area contributed by atoms with E-state index >= 15 is 0 Å². The highest BCUT2D eigenvalue weighted by Gasteiger charge is 2.22. The molecule has 3 N–H and O–H groups in total. The predicted molar refractivity (Wildman–Crippen MR) is 123 cm³/mol. The first kappa shape index (κ1) is 20.2. The number of nitrogens with one attached hydrogen (secondary N) is 1. The second-order valence-corrected chi connectivity index (χ2v) is 7.61. The number of para-hydroxylation sites is 1. The molecular formula is C24H29N5O. The third-order valence-electron chi connectivity index (χ3n) is 5.59. The van der Waals surface area contributed by atoms with Crippen molar-refractivity contribution in [3.63, 3.8) is 0 Å². The summed E-state index contributed by atoms with van der Waals surface area (Å²) in [5.74, 6) is 1.18. The van der Waals surface area contributed by atoms with Crippen LogP contribution in [-0.4, -0.2) is 55.1 Å². The first-order valence-electron chi connectivity index (χ1n) is 10.6. The number of piperazine rings is 1. The van der Waals surface area contributed by atoms with Crippen LogP contribution < -0.4 is 16.0 Å². The maximum atomic E-state index is 12.6. The molecule has 0 radical (unpaired) electrons. The molecule has 1 amide bonds. The number of carbonyl (C=O) groups is 1. The van der Waals surface area contributed by atoms with Gasteiger partial charge in [0.15, 0.2) is 0 Å². The summed E-state index contributed by atoms with van der Waals surface area (Å²) >= 11 is 0. The fourth-order valence-electron chi connectivity index (χ4n) is 3.92. The Bertz CT molecular complexity index is 983. The lowest BCUT2D eigenvalue weighted by atomic mass is 10.1. The second-order valence-electron chi connectivity index (χ2n) is 7.61. The van der Waals surface area contributed by atoms with Crippen LogP contribution in [0, 0.1) is 0 Å². The van der Waals surface area contributed by atoms with Gasteiger partial charge in [-0.15, -0.1) is 0 Å². The molecule has 6 heteroatoms. The Labute approximate surface area is 177 Å². The molecule has 0 unspecified atom stereocenters. The van der Waals surface area contributed by atoms with Gasteiger partial charge < -0.3 is 20.9 Å². The van der Waals surface area contributed by atoms with Crippen molar-refractivity contribution in [3.8, 4) is 0 Å². The van der Waals surface area contributed by atoms with Gasteiger partial charge in [0.05, 0.1) is 5.52 Å². The Morgan fingerprint density at radius 2 is 1.73 bits per heavy atom. The monoisotopic (exact) mass is 403 g/mol. The number of rotatable bonds is 7. The van der Waals surface area contributed by atoms with Gasteiger partial charge in [-0.05, 0) is 18.1 Å². The molecule has 6 nitrogen and oxygen atoms in total. The van der Waals surface area contributed by atoms with Gasteiger partial charge in [-0.3, -0.25) is 4.79 Å². The Morgan fingerprint density at radius 1 is 1.00 bits per heavy atom. The van der Waals surface area contributed by atoms with Crippen LogP contribution >= 0.6 is 0 Å². The van der Waals surface area contributed by atoms with Crippen LogP contribution in [0.4, 0.5) is 11.5 Å². The number of amides is 1. The summed E-state index contributed by atoms with van der Waals surface area (Å²) in [5.41, 5.74) is 8.92. The molecule has 0 atom stereocenters. The lowest BCUT2D eigenvalue weighted by Gasteiger charge is -2.35. The van der Waals surface area contributed by atoms with Crippen molar-refractivity contribution in [2.24, 2.45) is 5.73 Å². The van der Waals surface area contributed by atoms with E-state index in [1.165, 1.54) is 5.56 Å². The number of pyridine rings is 1. The maximum absolute atomic E-state index is 12.6. The number of fused-ring (bicyclic) bond motifs is 1. The largest absolute Gasteiger partial charge is 0.383 e. The molecule has 30 heavy (non-hydrogen) atoms. The van der Waals surface area contributed by atoms with E-state index in [1.807, 2.05) is 41.3 Å². The molecule has 1 fully saturated rings. The Hall–Kier alpha value is -3.12. The highest BCUT2D eigenvalue weighted by molar-refractivity contribution is 5.93. The zero-order valence-corrected chi connectivity index (χ0v) is 17.3. The molecule has 4 rings (SSSR count). The van der Waals surface area contributed by atoms with Gasteiger partial charge in [0.25, 0.3) is 0 Å². The van der Waals surface area contributed by atoms with Crippen molar-refractivity contribution < 1.29 is 4.79 Å². The van der Waals surface area contributed by atoms with E-state index in [0.717, 1.165) is 61.6 Å². The van der Waals surface area contributed by atoms with Gasteiger partial charge in [0, 0.05) is 62.8 Å². The van der Waals surface area contributed by atoms with E-state index in [2.05, 4.69) is 34.5 Å². The van der Waals surface area contributed by atoms with Crippen molar-refractivity contribution in [1.82, 2.24) is 9.88 Å². The molecule has 2 aromatic carbocycles. The van der Waals surface area contributed by atoms with E-state index in [1.54, 1.807) is 0 Å². The van der Waals surface area contributed by atoms with Crippen molar-refractivity contribution in [1.29, 1.82) is 0 Å². The summed E-state index contributed by atoms with van der Waals surface area (Å²) < 4.78 is 0. The van der Waals surface area contributed by atoms with Crippen LogP contribution in [0.25, 0.3) is 10.9 Å². The molecule has 1 aromatic heterocycles. The highest BCUT2D eigenvalue weighted by atomic mass is 16.2. The first-order chi connectivity index (χ1) is 14.7. The molecule has 0 spiro atoms. The average Bonchev–Trinajstić information content (AvgIpc) is 2.81. The fraction of sp³-hybridized carbons (Fsp3) is 0.333. The van der Waals surface area contributed by atoms with Gasteiger partial charge in [0.1, 0.15) is 5.82 Å². The summed E-state index contributed by atoms with van der Waals surface area (Å²) in [7, 11) is 0. The number of carbonyl (C=O) groups excluding carboxylic acids is 1. The molecular weight excluding hydrogens is 374 g/mol. The van der Waals surface area contributed by atoms with Crippen LogP contribution in [0.3, 0.4) is 0 Å². The normalized spacial score (nSPS) is 14.2. The van der Waals surface area contributed by atoms with Crippen LogP contribution in [0.1, 0.15) is 12.0 Å². The number of aryl methyl sites for hydroxylation is 1. The minimum absolute atomic E-state index is 0.232. The van der Waals surface area contributed by atoms with Crippen molar-refractivity contribution in [2.75, 3.05) is 49.5 Å². The minimum Gasteiger partial charge on any atom is -0.383 e. The second kappa shape index (κ2) is 9.59. The molecule has 0 aliphatic carbocycles.